The van der Waals surface area contributed by atoms with Gasteiger partial charge in [-0.05, 0) is 60.7 Å². The van der Waals surface area contributed by atoms with Gasteiger partial charge >= 0.3 is 0 Å². The van der Waals surface area contributed by atoms with Crippen LogP contribution in [-0.2, 0) is 16.0 Å². The Kier molecular flexibility index (Phi) is 7.21. The highest BCUT2D eigenvalue weighted by Gasteiger charge is 2.28. The van der Waals surface area contributed by atoms with Gasteiger partial charge in [0, 0.05) is 42.0 Å². The van der Waals surface area contributed by atoms with Gasteiger partial charge in [0.2, 0.25) is 11.8 Å². The predicted octanol–water partition coefficient (Wildman–Crippen LogP) is 5.79. The van der Waals surface area contributed by atoms with Crippen molar-refractivity contribution < 1.29 is 18.7 Å². The molecule has 190 valence electrons. The van der Waals surface area contributed by atoms with E-state index in [1.165, 1.54) is 12.1 Å². The molecule has 0 atom stereocenters. The lowest BCUT2D eigenvalue weighted by Gasteiger charge is -2.31. The SMILES string of the molecule is COc1ccccc1NC(=O)C1CCN(C(=O)CCc2c(-c3ccccc3)[nH]c3ccc(F)cc23)CC1. The number of likely N-dealkylation sites (tertiary alicyclic amines) is 1. The Balaban J connectivity index is 1.22. The van der Waals surface area contributed by atoms with Gasteiger partial charge in [0.1, 0.15) is 11.6 Å². The first-order valence-corrected chi connectivity index (χ1v) is 12.6. The highest BCUT2D eigenvalue weighted by molar-refractivity contribution is 5.94. The minimum atomic E-state index is -0.299. The van der Waals surface area contributed by atoms with Crippen molar-refractivity contribution in [1.29, 1.82) is 0 Å². The van der Waals surface area contributed by atoms with Crippen LogP contribution in [-0.4, -0.2) is 41.9 Å². The number of carbonyl (C=O) groups is 2. The van der Waals surface area contributed by atoms with E-state index >= 15 is 0 Å². The number of carbonyl (C=O) groups excluding carboxylic acids is 2. The number of ether oxygens (including phenoxy) is 1. The van der Waals surface area contributed by atoms with E-state index in [2.05, 4.69) is 10.3 Å². The Morgan fingerprint density at radius 1 is 1.03 bits per heavy atom. The number of fused-ring (bicyclic) bond motifs is 1. The molecule has 1 saturated heterocycles. The normalized spacial score (nSPS) is 14.1. The molecule has 1 aromatic heterocycles. The smallest absolute Gasteiger partial charge is 0.227 e. The zero-order valence-electron chi connectivity index (χ0n) is 20.8. The number of aromatic amines is 1. The van der Waals surface area contributed by atoms with Crippen molar-refractivity contribution in [1.82, 2.24) is 9.88 Å². The third kappa shape index (κ3) is 5.35. The lowest BCUT2D eigenvalue weighted by molar-refractivity contribution is -0.134. The number of nitrogens with zero attached hydrogens (tertiary/aromatic N) is 1. The summed E-state index contributed by atoms with van der Waals surface area (Å²) in [7, 11) is 1.57. The predicted molar refractivity (Wildman–Crippen MR) is 143 cm³/mol. The molecule has 2 N–H and O–H groups in total. The summed E-state index contributed by atoms with van der Waals surface area (Å²) in [6, 6.07) is 21.9. The van der Waals surface area contributed by atoms with Gasteiger partial charge in [-0.1, -0.05) is 42.5 Å². The molecular formula is C30H30FN3O3. The second-order valence-corrected chi connectivity index (χ2v) is 9.38. The molecular weight excluding hydrogens is 469 g/mol. The number of methoxy groups -OCH3 is 1. The monoisotopic (exact) mass is 499 g/mol. The summed E-state index contributed by atoms with van der Waals surface area (Å²) in [4.78, 5) is 31.2. The second-order valence-electron chi connectivity index (χ2n) is 9.38. The van der Waals surface area contributed by atoms with Crippen LogP contribution in [0.15, 0.2) is 72.8 Å². The average Bonchev–Trinajstić information content (AvgIpc) is 3.30. The summed E-state index contributed by atoms with van der Waals surface area (Å²) in [5.74, 6) is 0.163. The molecule has 7 heteroatoms. The van der Waals surface area contributed by atoms with Gasteiger partial charge in [-0.25, -0.2) is 4.39 Å². The van der Waals surface area contributed by atoms with Crippen molar-refractivity contribution in [2.45, 2.75) is 25.7 Å². The molecule has 1 aliphatic heterocycles. The maximum Gasteiger partial charge on any atom is 0.227 e. The third-order valence-electron chi connectivity index (χ3n) is 7.10. The van der Waals surface area contributed by atoms with Crippen molar-refractivity contribution in [3.63, 3.8) is 0 Å². The lowest BCUT2D eigenvalue weighted by atomic mass is 9.95. The molecule has 0 unspecified atom stereocenters. The van der Waals surface area contributed by atoms with E-state index in [0.717, 1.165) is 27.7 Å². The Morgan fingerprint density at radius 2 is 1.76 bits per heavy atom. The molecule has 5 rings (SSSR count). The van der Waals surface area contributed by atoms with E-state index in [4.69, 9.17) is 4.74 Å². The number of nitrogens with one attached hydrogen (secondary N) is 2. The van der Waals surface area contributed by atoms with Crippen LogP contribution in [0.5, 0.6) is 5.75 Å². The van der Waals surface area contributed by atoms with Crippen molar-refractivity contribution >= 4 is 28.4 Å². The van der Waals surface area contributed by atoms with Crippen LogP contribution in [0.4, 0.5) is 10.1 Å². The molecule has 6 nitrogen and oxygen atoms in total. The quantitative estimate of drug-likeness (QED) is 0.338. The number of halogens is 1. The summed E-state index contributed by atoms with van der Waals surface area (Å²) in [5.41, 5.74) is 4.37. The fourth-order valence-electron chi connectivity index (χ4n) is 5.09. The van der Waals surface area contributed by atoms with Gasteiger partial charge in [0.15, 0.2) is 0 Å². The number of H-pyrrole nitrogens is 1. The summed E-state index contributed by atoms with van der Waals surface area (Å²) < 4.78 is 19.4. The van der Waals surface area contributed by atoms with Crippen LogP contribution in [0.3, 0.4) is 0 Å². The average molecular weight is 500 g/mol. The van der Waals surface area contributed by atoms with E-state index < -0.39 is 0 Å². The number of aromatic nitrogens is 1. The first-order chi connectivity index (χ1) is 18.0. The van der Waals surface area contributed by atoms with E-state index in [-0.39, 0.29) is 23.5 Å². The fraction of sp³-hybridized carbons (Fsp3) is 0.267. The molecule has 0 radical (unpaired) electrons. The molecule has 0 aliphatic carbocycles. The standard InChI is InChI=1S/C30H30FN3O3/c1-37-27-10-6-5-9-26(27)33-30(36)21-15-17-34(18-16-21)28(35)14-12-23-24-19-22(31)11-13-25(24)32-29(23)20-7-3-2-4-8-20/h2-11,13,19,21,32H,12,14-18H2,1H3,(H,33,36). The Bertz CT molecular complexity index is 1410. The van der Waals surface area contributed by atoms with Crippen molar-refractivity contribution in [2.75, 3.05) is 25.5 Å². The number of anilines is 1. The Labute approximate surface area is 215 Å². The number of rotatable bonds is 7. The highest BCUT2D eigenvalue weighted by atomic mass is 19.1. The molecule has 1 fully saturated rings. The molecule has 2 heterocycles. The summed E-state index contributed by atoms with van der Waals surface area (Å²) in [6.45, 7) is 1.08. The number of amides is 2. The maximum atomic E-state index is 14.1. The van der Waals surface area contributed by atoms with Crippen molar-refractivity contribution in [3.8, 4) is 17.0 Å². The van der Waals surface area contributed by atoms with E-state index in [9.17, 15) is 14.0 Å². The first-order valence-electron chi connectivity index (χ1n) is 12.6. The van der Waals surface area contributed by atoms with Crippen LogP contribution in [0.2, 0.25) is 0 Å². The zero-order chi connectivity index (χ0) is 25.8. The summed E-state index contributed by atoms with van der Waals surface area (Å²) in [5, 5.41) is 3.76. The fourth-order valence-corrected chi connectivity index (χ4v) is 5.09. The number of piperidine rings is 1. The van der Waals surface area contributed by atoms with E-state index in [1.54, 1.807) is 13.2 Å². The van der Waals surface area contributed by atoms with Gasteiger partial charge in [0.05, 0.1) is 12.8 Å². The topological polar surface area (TPSA) is 74.4 Å². The summed E-state index contributed by atoms with van der Waals surface area (Å²) in [6.07, 6.45) is 2.04. The number of para-hydroxylation sites is 2. The van der Waals surface area contributed by atoms with Crippen molar-refractivity contribution in [3.05, 3.63) is 84.2 Å². The van der Waals surface area contributed by atoms with E-state index in [1.807, 2.05) is 59.5 Å². The first kappa shape index (κ1) is 24.6. The van der Waals surface area contributed by atoms with Crippen LogP contribution >= 0.6 is 0 Å². The number of aryl methyl sites for hydroxylation is 1. The highest BCUT2D eigenvalue weighted by Crippen LogP contribution is 2.32. The molecule has 37 heavy (non-hydrogen) atoms. The molecule has 3 aromatic carbocycles. The summed E-state index contributed by atoms with van der Waals surface area (Å²) >= 11 is 0. The van der Waals surface area contributed by atoms with Crippen LogP contribution in [0, 0.1) is 11.7 Å². The molecule has 1 aliphatic rings. The molecule has 2 amide bonds. The van der Waals surface area contributed by atoms with Gasteiger partial charge in [-0.3, -0.25) is 9.59 Å². The zero-order valence-corrected chi connectivity index (χ0v) is 20.8. The van der Waals surface area contributed by atoms with Gasteiger partial charge in [-0.15, -0.1) is 0 Å². The lowest BCUT2D eigenvalue weighted by Crippen LogP contribution is -2.41. The molecule has 4 aromatic rings. The van der Waals surface area contributed by atoms with Crippen LogP contribution < -0.4 is 10.1 Å². The van der Waals surface area contributed by atoms with E-state index in [0.29, 0.717) is 50.2 Å². The minimum absolute atomic E-state index is 0.0494. The number of hydrogen-bond donors (Lipinski definition) is 2. The molecule has 0 spiro atoms. The van der Waals surface area contributed by atoms with Gasteiger partial charge < -0.3 is 19.9 Å². The van der Waals surface area contributed by atoms with Crippen LogP contribution in [0.25, 0.3) is 22.2 Å². The Morgan fingerprint density at radius 3 is 2.51 bits per heavy atom. The van der Waals surface area contributed by atoms with Gasteiger partial charge in [-0.2, -0.15) is 0 Å². The molecule has 0 bridgehead atoms. The maximum absolute atomic E-state index is 14.1. The number of benzene rings is 3. The van der Waals surface area contributed by atoms with Crippen molar-refractivity contribution in [2.24, 2.45) is 5.92 Å². The number of hydrogen-bond acceptors (Lipinski definition) is 3. The van der Waals surface area contributed by atoms with Gasteiger partial charge in [0.25, 0.3) is 0 Å². The minimum Gasteiger partial charge on any atom is -0.495 e. The third-order valence-corrected chi connectivity index (χ3v) is 7.10. The largest absolute Gasteiger partial charge is 0.495 e. The Hall–Kier alpha value is -4.13. The molecule has 0 saturated carbocycles. The second kappa shape index (κ2) is 10.9. The van der Waals surface area contributed by atoms with Crippen LogP contribution in [0.1, 0.15) is 24.8 Å².